The van der Waals surface area contributed by atoms with E-state index in [1.165, 1.54) is 0 Å². The van der Waals surface area contributed by atoms with Gasteiger partial charge in [0.15, 0.2) is 0 Å². The standard InChI is InChI=1S/C10H18N4O/c1-9(11)10(15)13-4-2-3-6-14-7-5-12-8-14/h5,7-9H,2-4,6,11H2,1H3,(H,13,15)/t9-/m0/s1. The molecular formula is C10H18N4O. The second-order valence-corrected chi connectivity index (χ2v) is 3.59. The van der Waals surface area contributed by atoms with E-state index in [2.05, 4.69) is 10.3 Å². The van der Waals surface area contributed by atoms with Crippen LogP contribution in [0.3, 0.4) is 0 Å². The first-order valence-corrected chi connectivity index (χ1v) is 5.19. The second kappa shape index (κ2) is 6.19. The molecule has 15 heavy (non-hydrogen) atoms. The van der Waals surface area contributed by atoms with Gasteiger partial charge in [0.05, 0.1) is 12.4 Å². The van der Waals surface area contributed by atoms with E-state index in [1.54, 1.807) is 19.4 Å². The fourth-order valence-corrected chi connectivity index (χ4v) is 1.21. The van der Waals surface area contributed by atoms with Gasteiger partial charge in [-0.25, -0.2) is 4.98 Å². The van der Waals surface area contributed by atoms with Gasteiger partial charge in [-0.05, 0) is 19.8 Å². The van der Waals surface area contributed by atoms with Crippen LogP contribution in [0.1, 0.15) is 19.8 Å². The van der Waals surface area contributed by atoms with Crippen LogP contribution >= 0.6 is 0 Å². The third-order valence-corrected chi connectivity index (χ3v) is 2.12. The van der Waals surface area contributed by atoms with Crippen LogP contribution in [0.15, 0.2) is 18.7 Å². The van der Waals surface area contributed by atoms with Gasteiger partial charge < -0.3 is 15.6 Å². The van der Waals surface area contributed by atoms with Gasteiger partial charge in [0.1, 0.15) is 0 Å². The topological polar surface area (TPSA) is 72.9 Å². The predicted octanol–water partition coefficient (Wildman–Crippen LogP) is 0.127. The van der Waals surface area contributed by atoms with Gasteiger partial charge in [-0.15, -0.1) is 0 Å². The Labute approximate surface area is 89.7 Å². The van der Waals surface area contributed by atoms with Gasteiger partial charge in [-0.2, -0.15) is 0 Å². The number of nitrogens with two attached hydrogens (primary N) is 1. The number of nitrogens with zero attached hydrogens (tertiary/aromatic N) is 2. The van der Waals surface area contributed by atoms with Crippen molar-refractivity contribution >= 4 is 5.91 Å². The second-order valence-electron chi connectivity index (χ2n) is 3.59. The first kappa shape index (κ1) is 11.7. The van der Waals surface area contributed by atoms with Crippen molar-refractivity contribution in [3.8, 4) is 0 Å². The van der Waals surface area contributed by atoms with Crippen LogP contribution in [0.25, 0.3) is 0 Å². The molecule has 1 rings (SSSR count). The maximum atomic E-state index is 11.1. The molecule has 5 nitrogen and oxygen atoms in total. The Bertz CT molecular complexity index is 282. The summed E-state index contributed by atoms with van der Waals surface area (Å²) in [5.41, 5.74) is 5.40. The number of aromatic nitrogens is 2. The molecule has 0 radical (unpaired) electrons. The first-order chi connectivity index (χ1) is 7.20. The molecule has 0 unspecified atom stereocenters. The molecule has 3 N–H and O–H groups in total. The SMILES string of the molecule is C[C@H](N)C(=O)NCCCCn1ccnc1. The largest absolute Gasteiger partial charge is 0.355 e. The van der Waals surface area contributed by atoms with Crippen LogP contribution in [0, 0.1) is 0 Å². The average molecular weight is 210 g/mol. The van der Waals surface area contributed by atoms with Crippen LogP contribution in [-0.2, 0) is 11.3 Å². The molecule has 1 atom stereocenters. The summed E-state index contributed by atoms with van der Waals surface area (Å²) in [5.74, 6) is -0.0855. The number of carbonyl (C=O) groups is 1. The summed E-state index contributed by atoms with van der Waals surface area (Å²) < 4.78 is 2.02. The molecule has 0 bridgehead atoms. The number of rotatable bonds is 6. The number of carbonyl (C=O) groups excluding carboxylic acids is 1. The van der Waals surface area contributed by atoms with E-state index in [1.807, 2.05) is 10.8 Å². The lowest BCUT2D eigenvalue weighted by molar-refractivity contribution is -0.121. The van der Waals surface area contributed by atoms with E-state index in [9.17, 15) is 4.79 Å². The molecule has 1 heterocycles. The van der Waals surface area contributed by atoms with Crippen molar-refractivity contribution < 1.29 is 4.79 Å². The lowest BCUT2D eigenvalue weighted by atomic mass is 10.3. The van der Waals surface area contributed by atoms with Crippen molar-refractivity contribution in [3.63, 3.8) is 0 Å². The predicted molar refractivity (Wildman–Crippen MR) is 58.1 cm³/mol. The smallest absolute Gasteiger partial charge is 0.236 e. The third kappa shape index (κ3) is 4.60. The van der Waals surface area contributed by atoms with Crippen molar-refractivity contribution in [2.24, 2.45) is 5.73 Å². The lowest BCUT2D eigenvalue weighted by Crippen LogP contribution is -2.38. The molecule has 1 aromatic heterocycles. The van der Waals surface area contributed by atoms with Gasteiger partial charge in [-0.1, -0.05) is 0 Å². The Kier molecular flexibility index (Phi) is 4.83. The van der Waals surface area contributed by atoms with Crippen LogP contribution in [0.5, 0.6) is 0 Å². The number of hydrogen-bond donors (Lipinski definition) is 2. The van der Waals surface area contributed by atoms with E-state index >= 15 is 0 Å². The number of aryl methyl sites for hydroxylation is 1. The molecule has 0 aliphatic carbocycles. The summed E-state index contributed by atoms with van der Waals surface area (Å²) in [6.07, 6.45) is 7.46. The summed E-state index contributed by atoms with van der Waals surface area (Å²) in [5, 5.41) is 2.77. The molecule has 0 aliphatic heterocycles. The summed E-state index contributed by atoms with van der Waals surface area (Å²) in [4.78, 5) is 15.0. The minimum absolute atomic E-state index is 0.0855. The minimum atomic E-state index is -0.418. The van der Waals surface area contributed by atoms with Gasteiger partial charge in [0.25, 0.3) is 0 Å². The zero-order chi connectivity index (χ0) is 11.1. The molecule has 0 saturated heterocycles. The highest BCUT2D eigenvalue weighted by Crippen LogP contribution is 1.93. The van der Waals surface area contributed by atoms with E-state index in [4.69, 9.17) is 5.73 Å². The van der Waals surface area contributed by atoms with Crippen molar-refractivity contribution in [2.45, 2.75) is 32.4 Å². The Morgan fingerprint density at radius 1 is 1.60 bits per heavy atom. The number of nitrogens with one attached hydrogen (secondary N) is 1. The fraction of sp³-hybridized carbons (Fsp3) is 0.600. The van der Waals surface area contributed by atoms with Crippen LogP contribution in [0.2, 0.25) is 0 Å². The van der Waals surface area contributed by atoms with Crippen molar-refractivity contribution in [3.05, 3.63) is 18.7 Å². The highest BCUT2D eigenvalue weighted by atomic mass is 16.2. The van der Waals surface area contributed by atoms with Gasteiger partial charge >= 0.3 is 0 Å². The first-order valence-electron chi connectivity index (χ1n) is 5.19. The molecule has 0 aromatic carbocycles. The zero-order valence-corrected chi connectivity index (χ0v) is 9.02. The quantitative estimate of drug-likeness (QED) is 0.655. The monoisotopic (exact) mass is 210 g/mol. The molecular weight excluding hydrogens is 192 g/mol. The third-order valence-electron chi connectivity index (χ3n) is 2.12. The summed E-state index contributed by atoms with van der Waals surface area (Å²) >= 11 is 0. The van der Waals surface area contributed by atoms with Crippen LogP contribution in [0.4, 0.5) is 0 Å². The van der Waals surface area contributed by atoms with E-state index in [0.29, 0.717) is 6.54 Å². The molecule has 0 aliphatic rings. The van der Waals surface area contributed by atoms with Crippen LogP contribution in [-0.4, -0.2) is 28.0 Å². The van der Waals surface area contributed by atoms with Crippen molar-refractivity contribution in [1.29, 1.82) is 0 Å². The summed E-state index contributed by atoms with van der Waals surface area (Å²) in [6.45, 7) is 3.31. The lowest BCUT2D eigenvalue weighted by Gasteiger charge is -2.07. The maximum absolute atomic E-state index is 11.1. The Balaban J connectivity index is 2.00. The Hall–Kier alpha value is -1.36. The maximum Gasteiger partial charge on any atom is 0.236 e. The minimum Gasteiger partial charge on any atom is -0.355 e. The average Bonchev–Trinajstić information content (AvgIpc) is 2.69. The molecule has 1 amide bonds. The highest BCUT2D eigenvalue weighted by Gasteiger charge is 2.04. The molecule has 84 valence electrons. The van der Waals surface area contributed by atoms with Gasteiger partial charge in [0.2, 0.25) is 5.91 Å². The van der Waals surface area contributed by atoms with Gasteiger partial charge in [-0.3, -0.25) is 4.79 Å². The Morgan fingerprint density at radius 3 is 3.00 bits per heavy atom. The molecule has 0 saturated carbocycles. The van der Waals surface area contributed by atoms with Crippen molar-refractivity contribution in [1.82, 2.24) is 14.9 Å². The normalized spacial score (nSPS) is 12.4. The van der Waals surface area contributed by atoms with E-state index in [0.717, 1.165) is 19.4 Å². The van der Waals surface area contributed by atoms with Gasteiger partial charge in [0, 0.05) is 25.5 Å². The fourth-order valence-electron chi connectivity index (χ4n) is 1.21. The molecule has 0 fully saturated rings. The van der Waals surface area contributed by atoms with Crippen LogP contribution < -0.4 is 11.1 Å². The number of unbranched alkanes of at least 4 members (excludes halogenated alkanes) is 1. The molecule has 1 aromatic rings. The summed E-state index contributed by atoms with van der Waals surface area (Å²) in [6, 6.07) is -0.418. The van der Waals surface area contributed by atoms with E-state index < -0.39 is 6.04 Å². The zero-order valence-electron chi connectivity index (χ0n) is 9.02. The number of amides is 1. The highest BCUT2D eigenvalue weighted by molar-refractivity contribution is 5.80. The van der Waals surface area contributed by atoms with E-state index in [-0.39, 0.29) is 5.91 Å². The Morgan fingerprint density at radius 2 is 2.40 bits per heavy atom. The van der Waals surface area contributed by atoms with Crippen molar-refractivity contribution in [2.75, 3.05) is 6.54 Å². The number of hydrogen-bond acceptors (Lipinski definition) is 3. The number of imidazole rings is 1. The molecule has 0 spiro atoms. The molecule has 5 heteroatoms. The summed E-state index contributed by atoms with van der Waals surface area (Å²) in [7, 11) is 0.